The first-order valence-electron chi connectivity index (χ1n) is 7.47. The molecule has 0 amide bonds. The van der Waals surface area contributed by atoms with E-state index in [2.05, 4.69) is 10.4 Å². The minimum absolute atomic E-state index is 0.00804. The van der Waals surface area contributed by atoms with Gasteiger partial charge in [-0.2, -0.15) is 5.10 Å². The van der Waals surface area contributed by atoms with E-state index in [1.165, 1.54) is 6.07 Å². The molecule has 0 bridgehead atoms. The third-order valence-electron chi connectivity index (χ3n) is 4.01. The summed E-state index contributed by atoms with van der Waals surface area (Å²) in [7, 11) is 1.90. The number of hydrogen-bond donors (Lipinski definition) is 2. The average molecular weight is 318 g/mol. The van der Waals surface area contributed by atoms with Crippen molar-refractivity contribution < 1.29 is 10.0 Å². The molecule has 0 fully saturated rings. The molecule has 0 saturated heterocycles. The van der Waals surface area contributed by atoms with E-state index in [1.54, 1.807) is 12.1 Å². The van der Waals surface area contributed by atoms with E-state index in [-0.39, 0.29) is 18.3 Å². The van der Waals surface area contributed by atoms with Crippen LogP contribution in [0.2, 0.25) is 0 Å². The Labute approximate surface area is 135 Å². The fourth-order valence-corrected chi connectivity index (χ4v) is 2.69. The lowest BCUT2D eigenvalue weighted by Crippen LogP contribution is -2.19. The third-order valence-corrected chi connectivity index (χ3v) is 4.01. The average Bonchev–Trinajstić information content (AvgIpc) is 2.73. The zero-order chi connectivity index (χ0) is 17.1. The van der Waals surface area contributed by atoms with Gasteiger partial charge < -0.3 is 10.4 Å². The van der Waals surface area contributed by atoms with Crippen LogP contribution in [0.1, 0.15) is 29.4 Å². The van der Waals surface area contributed by atoms with Gasteiger partial charge in [0, 0.05) is 24.8 Å². The molecule has 2 N–H and O–H groups in total. The number of rotatable bonds is 6. The maximum atomic E-state index is 11.2. The van der Waals surface area contributed by atoms with Gasteiger partial charge in [-0.15, -0.1) is 0 Å². The number of aliphatic hydroxyl groups excluding tert-OH is 1. The maximum Gasteiger partial charge on any atom is 0.292 e. The number of nitro benzene ring substituents is 1. The fourth-order valence-electron chi connectivity index (χ4n) is 2.69. The lowest BCUT2D eigenvalue weighted by Gasteiger charge is -2.16. The summed E-state index contributed by atoms with van der Waals surface area (Å²) in [5.41, 5.74) is 4.28. The highest BCUT2D eigenvalue weighted by atomic mass is 16.6. The third kappa shape index (κ3) is 3.68. The van der Waals surface area contributed by atoms with Gasteiger partial charge in [0.15, 0.2) is 0 Å². The van der Waals surface area contributed by atoms with Gasteiger partial charge in [0.05, 0.1) is 17.2 Å². The minimum atomic E-state index is -0.420. The predicted octanol–water partition coefficient (Wildman–Crippen LogP) is 2.48. The second-order valence-corrected chi connectivity index (χ2v) is 5.79. The quantitative estimate of drug-likeness (QED) is 0.630. The molecule has 23 heavy (non-hydrogen) atoms. The highest BCUT2D eigenvalue weighted by molar-refractivity contribution is 5.63. The Hall–Kier alpha value is -2.41. The molecule has 0 spiro atoms. The number of aromatic nitrogens is 2. The van der Waals surface area contributed by atoms with Crippen molar-refractivity contribution in [3.05, 3.63) is 50.8 Å². The van der Waals surface area contributed by atoms with Crippen molar-refractivity contribution in [2.24, 2.45) is 7.05 Å². The van der Waals surface area contributed by atoms with E-state index < -0.39 is 4.92 Å². The van der Waals surface area contributed by atoms with Gasteiger partial charge in [-0.25, -0.2) is 0 Å². The molecule has 0 aliphatic rings. The first-order chi connectivity index (χ1) is 10.8. The van der Waals surface area contributed by atoms with Gasteiger partial charge in [0.1, 0.15) is 5.69 Å². The summed E-state index contributed by atoms with van der Waals surface area (Å²) in [6.45, 7) is 5.80. The number of nitrogens with zero attached hydrogens (tertiary/aromatic N) is 3. The monoisotopic (exact) mass is 318 g/mol. The van der Waals surface area contributed by atoms with Crippen LogP contribution in [0.3, 0.4) is 0 Å². The summed E-state index contributed by atoms with van der Waals surface area (Å²) >= 11 is 0. The van der Waals surface area contributed by atoms with Crippen molar-refractivity contribution >= 4 is 11.4 Å². The zero-order valence-electron chi connectivity index (χ0n) is 13.8. The smallest absolute Gasteiger partial charge is 0.292 e. The van der Waals surface area contributed by atoms with Crippen LogP contribution >= 0.6 is 0 Å². The lowest BCUT2D eigenvalue weighted by molar-refractivity contribution is -0.384. The van der Waals surface area contributed by atoms with E-state index in [1.807, 2.05) is 32.5 Å². The van der Waals surface area contributed by atoms with Gasteiger partial charge >= 0.3 is 0 Å². The molecule has 0 aliphatic carbocycles. The highest BCUT2D eigenvalue weighted by Crippen LogP contribution is 2.27. The number of aryl methyl sites for hydroxylation is 2. The molecule has 0 aliphatic heterocycles. The van der Waals surface area contributed by atoms with Crippen LogP contribution in [-0.2, 0) is 20.1 Å². The van der Waals surface area contributed by atoms with Crippen molar-refractivity contribution in [3.63, 3.8) is 0 Å². The van der Waals surface area contributed by atoms with Gasteiger partial charge in [-0.3, -0.25) is 14.8 Å². The number of anilines is 1. The van der Waals surface area contributed by atoms with Crippen molar-refractivity contribution in [2.45, 2.75) is 39.8 Å². The van der Waals surface area contributed by atoms with E-state index >= 15 is 0 Å². The molecule has 1 aromatic carbocycles. The van der Waals surface area contributed by atoms with Crippen molar-refractivity contribution in [1.29, 1.82) is 0 Å². The number of nitrogens with one attached hydrogen (secondary N) is 1. The van der Waals surface area contributed by atoms with Crippen LogP contribution in [0, 0.1) is 24.0 Å². The topological polar surface area (TPSA) is 93.2 Å². The molecular weight excluding hydrogens is 296 g/mol. The van der Waals surface area contributed by atoms with Crippen molar-refractivity contribution in [2.75, 3.05) is 5.32 Å². The van der Waals surface area contributed by atoms with Crippen LogP contribution in [0.5, 0.6) is 0 Å². The summed E-state index contributed by atoms with van der Waals surface area (Å²) in [4.78, 5) is 10.7. The Bertz CT molecular complexity index is 724. The molecule has 7 nitrogen and oxygen atoms in total. The van der Waals surface area contributed by atoms with Crippen molar-refractivity contribution in [1.82, 2.24) is 9.78 Å². The Morgan fingerprint density at radius 3 is 2.65 bits per heavy atom. The number of hydrogen-bond acceptors (Lipinski definition) is 5. The van der Waals surface area contributed by atoms with Crippen LogP contribution in [0.4, 0.5) is 11.4 Å². The molecule has 1 atom stereocenters. The SMILES string of the molecule is Cc1nn(C)c(C)c1CC(C)Nc1cc(CO)ccc1[N+](=O)[O-]. The molecule has 2 aromatic rings. The summed E-state index contributed by atoms with van der Waals surface area (Å²) < 4.78 is 1.84. The summed E-state index contributed by atoms with van der Waals surface area (Å²) in [5.74, 6) is 0. The van der Waals surface area contributed by atoms with Gasteiger partial charge in [-0.1, -0.05) is 0 Å². The van der Waals surface area contributed by atoms with Gasteiger partial charge in [0.25, 0.3) is 5.69 Å². The molecule has 1 unspecified atom stereocenters. The van der Waals surface area contributed by atoms with Crippen LogP contribution in [0.25, 0.3) is 0 Å². The van der Waals surface area contributed by atoms with Crippen LogP contribution in [0.15, 0.2) is 18.2 Å². The highest BCUT2D eigenvalue weighted by Gasteiger charge is 2.18. The normalized spacial score (nSPS) is 12.2. The molecule has 0 radical (unpaired) electrons. The first kappa shape index (κ1) is 17.0. The Balaban J connectivity index is 2.22. The van der Waals surface area contributed by atoms with E-state index in [4.69, 9.17) is 0 Å². The molecule has 1 heterocycles. The molecule has 1 aromatic heterocycles. The lowest BCUT2D eigenvalue weighted by atomic mass is 10.0. The van der Waals surface area contributed by atoms with E-state index in [9.17, 15) is 15.2 Å². The van der Waals surface area contributed by atoms with E-state index in [0.717, 1.165) is 17.0 Å². The molecule has 2 rings (SSSR count). The molecule has 124 valence electrons. The Kier molecular flexibility index (Phi) is 5.00. The minimum Gasteiger partial charge on any atom is -0.392 e. The zero-order valence-corrected chi connectivity index (χ0v) is 13.8. The second kappa shape index (κ2) is 6.78. The molecular formula is C16H22N4O3. The van der Waals surface area contributed by atoms with Gasteiger partial charge in [-0.05, 0) is 50.5 Å². The standard InChI is InChI=1S/C16H22N4O3/c1-10(7-14-11(2)18-19(4)12(14)3)17-15-8-13(9-21)5-6-16(15)20(22)23/h5-6,8,10,17,21H,7,9H2,1-4H3. The Morgan fingerprint density at radius 1 is 1.43 bits per heavy atom. The van der Waals surface area contributed by atoms with Crippen molar-refractivity contribution in [3.8, 4) is 0 Å². The number of aliphatic hydroxyl groups is 1. The first-order valence-corrected chi connectivity index (χ1v) is 7.47. The Morgan fingerprint density at radius 2 is 2.13 bits per heavy atom. The largest absolute Gasteiger partial charge is 0.392 e. The number of nitro groups is 1. The van der Waals surface area contributed by atoms with Crippen LogP contribution < -0.4 is 5.32 Å². The second-order valence-electron chi connectivity index (χ2n) is 5.79. The van der Waals surface area contributed by atoms with Gasteiger partial charge in [0.2, 0.25) is 0 Å². The van der Waals surface area contributed by atoms with Crippen LogP contribution in [-0.4, -0.2) is 25.9 Å². The summed E-state index contributed by atoms with van der Waals surface area (Å²) in [6, 6.07) is 4.59. The van der Waals surface area contributed by atoms with E-state index in [0.29, 0.717) is 17.7 Å². The summed E-state index contributed by atoms with van der Waals surface area (Å²) in [5, 5.41) is 28.0. The summed E-state index contributed by atoms with van der Waals surface area (Å²) in [6.07, 6.45) is 0.714. The molecule has 7 heteroatoms. The fraction of sp³-hybridized carbons (Fsp3) is 0.438. The molecule has 0 saturated carbocycles. The number of benzene rings is 1. The predicted molar refractivity (Wildman–Crippen MR) is 88.5 cm³/mol. The maximum absolute atomic E-state index is 11.2.